The standard InChI is InChI=1S/C19H14Cl2N4O3S/c1-29(27,28)18-22-10-12-11-24(16-8-7-13(20)9-15(16)21)19(26)25(17(12)23-18)14-5-3-2-4-6-14/h2-10H,11H2,1H3. The SMILES string of the molecule is CS(=O)(=O)c1ncc2c(n1)N(c1ccccc1)C(=O)N(c1ccc(Cl)cc1Cl)C2. The normalized spacial score (nSPS) is 14.1. The van der Waals surface area contributed by atoms with Gasteiger partial charge >= 0.3 is 6.03 Å². The average Bonchev–Trinajstić information content (AvgIpc) is 2.67. The van der Waals surface area contributed by atoms with Crippen molar-refractivity contribution in [1.29, 1.82) is 0 Å². The molecule has 0 saturated heterocycles. The lowest BCUT2D eigenvalue weighted by Gasteiger charge is -2.36. The van der Waals surface area contributed by atoms with Gasteiger partial charge in [-0.25, -0.2) is 23.1 Å². The van der Waals surface area contributed by atoms with Crippen molar-refractivity contribution in [2.75, 3.05) is 16.1 Å². The van der Waals surface area contributed by atoms with Gasteiger partial charge in [0.1, 0.15) is 0 Å². The summed E-state index contributed by atoms with van der Waals surface area (Å²) in [6, 6.07) is 13.2. The fourth-order valence-corrected chi connectivity index (χ4v) is 4.02. The molecule has 1 aliphatic heterocycles. The van der Waals surface area contributed by atoms with E-state index in [1.54, 1.807) is 42.5 Å². The number of para-hydroxylation sites is 1. The van der Waals surface area contributed by atoms with Crippen LogP contribution in [0.4, 0.5) is 22.0 Å². The molecule has 148 valence electrons. The molecule has 0 unspecified atom stereocenters. The zero-order chi connectivity index (χ0) is 20.8. The summed E-state index contributed by atoms with van der Waals surface area (Å²) in [5, 5.41) is 0.420. The molecule has 0 aliphatic carbocycles. The lowest BCUT2D eigenvalue weighted by Crippen LogP contribution is -2.45. The number of halogens is 2. The maximum atomic E-state index is 13.4. The zero-order valence-electron chi connectivity index (χ0n) is 15.1. The van der Waals surface area contributed by atoms with Crippen molar-refractivity contribution in [1.82, 2.24) is 9.97 Å². The second-order valence-corrected chi connectivity index (χ2v) is 9.16. The van der Waals surface area contributed by atoms with Gasteiger partial charge in [0.25, 0.3) is 0 Å². The first kappa shape index (κ1) is 19.6. The molecule has 2 heterocycles. The highest BCUT2D eigenvalue weighted by molar-refractivity contribution is 7.90. The van der Waals surface area contributed by atoms with Crippen LogP contribution in [0.3, 0.4) is 0 Å². The number of amides is 2. The Morgan fingerprint density at radius 1 is 1.07 bits per heavy atom. The number of rotatable bonds is 3. The maximum Gasteiger partial charge on any atom is 0.335 e. The second-order valence-electron chi connectivity index (χ2n) is 6.41. The Kier molecular flexibility index (Phi) is 4.94. The number of carbonyl (C=O) groups is 1. The zero-order valence-corrected chi connectivity index (χ0v) is 17.4. The van der Waals surface area contributed by atoms with E-state index in [0.717, 1.165) is 6.26 Å². The predicted molar refractivity (Wildman–Crippen MR) is 112 cm³/mol. The van der Waals surface area contributed by atoms with Crippen LogP contribution in [0.1, 0.15) is 5.56 Å². The number of carbonyl (C=O) groups excluding carboxylic acids is 1. The van der Waals surface area contributed by atoms with Crippen molar-refractivity contribution in [3.63, 3.8) is 0 Å². The van der Waals surface area contributed by atoms with Gasteiger partial charge < -0.3 is 0 Å². The van der Waals surface area contributed by atoms with Crippen LogP contribution < -0.4 is 9.80 Å². The molecule has 2 aromatic carbocycles. The monoisotopic (exact) mass is 448 g/mol. The number of fused-ring (bicyclic) bond motifs is 1. The minimum absolute atomic E-state index is 0.128. The molecule has 0 fully saturated rings. The Bertz CT molecular complexity index is 1220. The number of sulfone groups is 1. The molecule has 7 nitrogen and oxygen atoms in total. The molecule has 0 bridgehead atoms. The van der Waals surface area contributed by atoms with Gasteiger partial charge in [0, 0.05) is 23.0 Å². The first-order valence-corrected chi connectivity index (χ1v) is 11.1. The summed E-state index contributed by atoms with van der Waals surface area (Å²) in [6.07, 6.45) is 2.43. The molecule has 1 aliphatic rings. The average molecular weight is 449 g/mol. The minimum atomic E-state index is -3.65. The van der Waals surface area contributed by atoms with Crippen molar-refractivity contribution in [3.05, 3.63) is 70.3 Å². The fourth-order valence-electron chi connectivity index (χ4n) is 3.01. The van der Waals surface area contributed by atoms with Crippen molar-refractivity contribution in [2.45, 2.75) is 11.7 Å². The molecular weight excluding hydrogens is 435 g/mol. The third kappa shape index (κ3) is 3.66. The van der Waals surface area contributed by atoms with Crippen LogP contribution in [0.15, 0.2) is 59.9 Å². The topological polar surface area (TPSA) is 83.5 Å². The number of hydrogen-bond acceptors (Lipinski definition) is 5. The van der Waals surface area contributed by atoms with E-state index in [4.69, 9.17) is 23.2 Å². The van der Waals surface area contributed by atoms with E-state index in [0.29, 0.717) is 27.0 Å². The lowest BCUT2D eigenvalue weighted by molar-refractivity contribution is 0.252. The van der Waals surface area contributed by atoms with E-state index in [1.165, 1.54) is 16.0 Å². The smallest absolute Gasteiger partial charge is 0.288 e. The third-order valence-electron chi connectivity index (χ3n) is 4.33. The van der Waals surface area contributed by atoms with Crippen molar-refractivity contribution in [2.24, 2.45) is 0 Å². The molecule has 10 heteroatoms. The predicted octanol–water partition coefficient (Wildman–Crippen LogP) is 4.47. The van der Waals surface area contributed by atoms with Crippen LogP contribution in [0, 0.1) is 0 Å². The molecule has 0 radical (unpaired) electrons. The van der Waals surface area contributed by atoms with E-state index in [9.17, 15) is 13.2 Å². The summed E-state index contributed by atoms with van der Waals surface area (Å²) in [5.41, 5.74) is 1.58. The minimum Gasteiger partial charge on any atom is -0.288 e. The van der Waals surface area contributed by atoms with Crippen molar-refractivity contribution in [3.8, 4) is 0 Å². The molecule has 0 atom stereocenters. The first-order valence-electron chi connectivity index (χ1n) is 8.43. The Morgan fingerprint density at radius 3 is 2.45 bits per heavy atom. The van der Waals surface area contributed by atoms with Gasteiger partial charge in [-0.1, -0.05) is 41.4 Å². The van der Waals surface area contributed by atoms with E-state index in [1.807, 2.05) is 6.07 Å². The second kappa shape index (κ2) is 7.29. The van der Waals surface area contributed by atoms with Gasteiger partial charge in [-0.15, -0.1) is 0 Å². The molecule has 3 aromatic rings. The van der Waals surface area contributed by atoms with E-state index in [2.05, 4.69) is 9.97 Å². The fraction of sp³-hybridized carbons (Fsp3) is 0.105. The molecule has 0 saturated carbocycles. The van der Waals surface area contributed by atoms with Crippen molar-refractivity contribution >= 4 is 56.3 Å². The quantitative estimate of drug-likeness (QED) is 0.552. The largest absolute Gasteiger partial charge is 0.335 e. The van der Waals surface area contributed by atoms with E-state index in [-0.39, 0.29) is 17.5 Å². The molecule has 29 heavy (non-hydrogen) atoms. The van der Waals surface area contributed by atoms with Crippen LogP contribution >= 0.6 is 23.2 Å². The third-order valence-corrected chi connectivity index (χ3v) is 5.73. The molecule has 0 spiro atoms. The van der Waals surface area contributed by atoms with Gasteiger partial charge in [0.05, 0.1) is 22.9 Å². The van der Waals surface area contributed by atoms with Gasteiger partial charge in [-0.2, -0.15) is 4.98 Å². The summed E-state index contributed by atoms with van der Waals surface area (Å²) in [7, 11) is -3.65. The van der Waals surface area contributed by atoms with E-state index >= 15 is 0 Å². The maximum absolute atomic E-state index is 13.4. The summed E-state index contributed by atoms with van der Waals surface area (Å²) in [5.74, 6) is 0.220. The van der Waals surface area contributed by atoms with Gasteiger partial charge in [0.15, 0.2) is 5.82 Å². The first-order chi connectivity index (χ1) is 13.8. The molecule has 1 aromatic heterocycles. The highest BCUT2D eigenvalue weighted by Crippen LogP contribution is 2.38. The highest BCUT2D eigenvalue weighted by Gasteiger charge is 2.35. The molecule has 0 N–H and O–H groups in total. The Morgan fingerprint density at radius 2 is 1.79 bits per heavy atom. The highest BCUT2D eigenvalue weighted by atomic mass is 35.5. The summed E-state index contributed by atoms with van der Waals surface area (Å²) < 4.78 is 23.9. The number of benzene rings is 2. The summed E-state index contributed by atoms with van der Waals surface area (Å²) in [6.45, 7) is 0.128. The molecule has 2 amide bonds. The molecular formula is C19H14Cl2N4O3S. The Balaban J connectivity index is 1.91. The number of anilines is 3. The van der Waals surface area contributed by atoms with Crippen LogP contribution in [0.25, 0.3) is 0 Å². The summed E-state index contributed by atoms with van der Waals surface area (Å²) in [4.78, 5) is 24.4. The van der Waals surface area contributed by atoms with Crippen LogP contribution in [0.5, 0.6) is 0 Å². The van der Waals surface area contributed by atoms with Crippen LogP contribution in [0.2, 0.25) is 10.0 Å². The number of urea groups is 1. The Labute approximate surface area is 177 Å². The molecule has 4 rings (SSSR count). The summed E-state index contributed by atoms with van der Waals surface area (Å²) >= 11 is 12.3. The van der Waals surface area contributed by atoms with Crippen LogP contribution in [-0.4, -0.2) is 30.7 Å². The van der Waals surface area contributed by atoms with Gasteiger partial charge in [-0.05, 0) is 30.3 Å². The van der Waals surface area contributed by atoms with Gasteiger partial charge in [0.2, 0.25) is 15.0 Å². The van der Waals surface area contributed by atoms with Crippen molar-refractivity contribution < 1.29 is 13.2 Å². The number of aromatic nitrogens is 2. The number of hydrogen-bond donors (Lipinski definition) is 0. The van der Waals surface area contributed by atoms with Gasteiger partial charge in [-0.3, -0.25) is 4.90 Å². The Hall–Kier alpha value is -2.68. The lowest BCUT2D eigenvalue weighted by atomic mass is 10.1. The number of nitrogens with zero attached hydrogens (tertiary/aromatic N) is 4. The van der Waals surface area contributed by atoms with Crippen LogP contribution in [-0.2, 0) is 16.4 Å². The van der Waals surface area contributed by atoms with E-state index < -0.39 is 15.9 Å².